The van der Waals surface area contributed by atoms with E-state index in [-0.39, 0.29) is 24.4 Å². The van der Waals surface area contributed by atoms with Gasteiger partial charge in [0, 0.05) is 38.2 Å². The second-order valence-corrected chi connectivity index (χ2v) is 7.05. The lowest BCUT2D eigenvalue weighted by Crippen LogP contribution is -2.27. The summed E-state index contributed by atoms with van der Waals surface area (Å²) in [6, 6.07) is 7.17. The number of thiophene rings is 1. The molecule has 26 heavy (non-hydrogen) atoms. The molecule has 0 saturated heterocycles. The molecule has 0 spiro atoms. The van der Waals surface area contributed by atoms with Gasteiger partial charge in [-0.05, 0) is 29.7 Å². The van der Waals surface area contributed by atoms with Crippen molar-refractivity contribution in [2.24, 2.45) is 0 Å². The highest BCUT2D eigenvalue weighted by atomic mass is 32.1. The fourth-order valence-corrected chi connectivity index (χ4v) is 3.46. The van der Waals surface area contributed by atoms with Crippen molar-refractivity contribution in [2.45, 2.75) is 19.5 Å². The number of carbonyl (C=O) groups excluding carboxylic acids is 1. The number of halogens is 2. The van der Waals surface area contributed by atoms with Crippen molar-refractivity contribution >= 4 is 29.5 Å². The Morgan fingerprint density at radius 1 is 1.38 bits per heavy atom. The molecule has 0 aliphatic heterocycles. The molecule has 136 valence electrons. The van der Waals surface area contributed by atoms with Gasteiger partial charge in [-0.3, -0.25) is 14.5 Å². The Hall–Kier alpha value is -2.39. The maximum Gasteiger partial charge on any atom is 0.224 e. The Morgan fingerprint density at radius 3 is 2.88 bits per heavy atom. The first-order chi connectivity index (χ1) is 12.5. The van der Waals surface area contributed by atoms with Gasteiger partial charge in [0.25, 0.3) is 0 Å². The van der Waals surface area contributed by atoms with Gasteiger partial charge in [0.1, 0.15) is 11.6 Å². The van der Waals surface area contributed by atoms with Gasteiger partial charge in [-0.15, -0.1) is 11.3 Å². The van der Waals surface area contributed by atoms with Gasteiger partial charge in [0.2, 0.25) is 5.91 Å². The first-order valence-corrected chi connectivity index (χ1v) is 9.11. The number of aromatic nitrogens is 3. The predicted molar refractivity (Wildman–Crippen MR) is 98.2 cm³/mol. The van der Waals surface area contributed by atoms with E-state index in [1.807, 2.05) is 17.5 Å². The summed E-state index contributed by atoms with van der Waals surface area (Å²) in [5.74, 6) is -0.795. The quantitative estimate of drug-likeness (QED) is 0.643. The minimum Gasteiger partial charge on any atom is -0.341 e. The van der Waals surface area contributed by atoms with Crippen molar-refractivity contribution < 1.29 is 13.6 Å². The van der Waals surface area contributed by atoms with Crippen LogP contribution in [0.3, 0.4) is 0 Å². The van der Waals surface area contributed by atoms with Crippen LogP contribution in [0.15, 0.2) is 35.7 Å². The minimum atomic E-state index is -0.665. The second kappa shape index (κ2) is 7.88. The van der Waals surface area contributed by atoms with Gasteiger partial charge in [-0.25, -0.2) is 8.78 Å². The number of nitrogens with one attached hydrogen (secondary N) is 1. The topological polar surface area (TPSA) is 53.9 Å². The van der Waals surface area contributed by atoms with E-state index in [0.717, 1.165) is 10.9 Å². The first kappa shape index (κ1) is 18.4. The van der Waals surface area contributed by atoms with Gasteiger partial charge in [0.05, 0.1) is 4.88 Å². The molecule has 0 bridgehead atoms. The van der Waals surface area contributed by atoms with E-state index >= 15 is 0 Å². The summed E-state index contributed by atoms with van der Waals surface area (Å²) in [5.41, 5.74) is 0.265. The fraction of sp³-hybridized carbons (Fsp3) is 0.235. The number of benzene rings is 1. The van der Waals surface area contributed by atoms with Crippen LogP contribution in [0.1, 0.15) is 12.0 Å². The predicted octanol–water partition coefficient (Wildman–Crippen LogP) is 4.00. The molecule has 0 fully saturated rings. The number of aromatic amines is 1. The number of nitrogens with zero attached hydrogens (tertiary/aromatic N) is 3. The molecule has 0 aliphatic carbocycles. The summed E-state index contributed by atoms with van der Waals surface area (Å²) in [7, 11) is 1.58. The Bertz CT molecular complexity index is 966. The zero-order valence-corrected chi connectivity index (χ0v) is 15.5. The normalized spacial score (nSPS) is 10.9. The number of amides is 1. The molecule has 9 heteroatoms. The molecular formula is C17H16F2N4OS2. The molecule has 2 aromatic heterocycles. The second-order valence-electron chi connectivity index (χ2n) is 5.72. The van der Waals surface area contributed by atoms with Crippen LogP contribution in [0.4, 0.5) is 8.78 Å². The largest absolute Gasteiger partial charge is 0.341 e. The maximum absolute atomic E-state index is 13.7. The first-order valence-electron chi connectivity index (χ1n) is 7.82. The third-order valence-corrected chi connectivity index (χ3v) is 5.07. The molecule has 0 radical (unpaired) electrons. The molecule has 3 aromatic rings. The van der Waals surface area contributed by atoms with Crippen molar-refractivity contribution in [3.05, 3.63) is 57.7 Å². The standard InChI is InChI=1S/C17H16F2N4OS2/c1-22(10-11-4-5-12(18)9-13(11)19)15(24)6-7-23-16(20-21-17(23)25)14-3-2-8-26-14/h2-5,8-9H,6-7,10H2,1H3,(H,21,25). The Kier molecular flexibility index (Phi) is 5.58. The molecule has 1 aromatic carbocycles. The molecule has 1 amide bonds. The average Bonchev–Trinajstić information content (AvgIpc) is 3.24. The number of rotatable bonds is 6. The van der Waals surface area contributed by atoms with Crippen LogP contribution >= 0.6 is 23.6 Å². The molecule has 0 aliphatic rings. The molecule has 0 atom stereocenters. The third-order valence-electron chi connectivity index (χ3n) is 3.90. The van der Waals surface area contributed by atoms with E-state index in [1.165, 1.54) is 28.4 Å². The van der Waals surface area contributed by atoms with E-state index in [4.69, 9.17) is 12.2 Å². The Morgan fingerprint density at radius 2 is 2.19 bits per heavy atom. The Labute approximate surface area is 157 Å². The molecule has 1 N–H and O–H groups in total. The minimum absolute atomic E-state index is 0.0690. The number of hydrogen-bond acceptors (Lipinski definition) is 4. The summed E-state index contributed by atoms with van der Waals surface area (Å²) >= 11 is 6.77. The van der Waals surface area contributed by atoms with Gasteiger partial charge < -0.3 is 4.90 Å². The number of hydrogen-bond donors (Lipinski definition) is 1. The lowest BCUT2D eigenvalue weighted by molar-refractivity contribution is -0.130. The van der Waals surface area contributed by atoms with Crippen LogP contribution in [0.2, 0.25) is 0 Å². The highest BCUT2D eigenvalue weighted by molar-refractivity contribution is 7.71. The molecular weight excluding hydrogens is 378 g/mol. The molecule has 0 saturated carbocycles. The van der Waals surface area contributed by atoms with Crippen molar-refractivity contribution in [1.82, 2.24) is 19.7 Å². The van der Waals surface area contributed by atoms with E-state index in [1.54, 1.807) is 11.6 Å². The lowest BCUT2D eigenvalue weighted by Gasteiger charge is -2.18. The van der Waals surface area contributed by atoms with Crippen LogP contribution in [0.25, 0.3) is 10.7 Å². The maximum atomic E-state index is 13.7. The summed E-state index contributed by atoms with van der Waals surface area (Å²) in [5, 5.41) is 8.90. The van der Waals surface area contributed by atoms with Crippen molar-refractivity contribution in [1.29, 1.82) is 0 Å². The van der Waals surface area contributed by atoms with Crippen LogP contribution < -0.4 is 0 Å². The molecule has 0 unspecified atom stereocenters. The number of H-pyrrole nitrogens is 1. The van der Waals surface area contributed by atoms with E-state index in [2.05, 4.69) is 10.2 Å². The molecule has 5 nitrogen and oxygen atoms in total. The monoisotopic (exact) mass is 394 g/mol. The van der Waals surface area contributed by atoms with Crippen LogP contribution in [-0.4, -0.2) is 32.6 Å². The zero-order chi connectivity index (χ0) is 18.7. The van der Waals surface area contributed by atoms with E-state index in [9.17, 15) is 13.6 Å². The third kappa shape index (κ3) is 4.05. The number of carbonyl (C=O) groups is 1. The smallest absolute Gasteiger partial charge is 0.224 e. The van der Waals surface area contributed by atoms with Gasteiger partial charge in [-0.1, -0.05) is 12.1 Å². The van der Waals surface area contributed by atoms with Crippen LogP contribution in [-0.2, 0) is 17.9 Å². The summed E-state index contributed by atoms with van der Waals surface area (Å²) in [6.07, 6.45) is 0.186. The summed E-state index contributed by atoms with van der Waals surface area (Å²) in [4.78, 5) is 14.7. The average molecular weight is 394 g/mol. The van der Waals surface area contributed by atoms with Gasteiger partial charge >= 0.3 is 0 Å². The van der Waals surface area contributed by atoms with E-state index in [0.29, 0.717) is 17.1 Å². The Balaban J connectivity index is 1.66. The zero-order valence-electron chi connectivity index (χ0n) is 13.9. The highest BCUT2D eigenvalue weighted by Gasteiger charge is 2.15. The molecule has 3 rings (SSSR count). The van der Waals surface area contributed by atoms with Crippen molar-refractivity contribution in [3.8, 4) is 10.7 Å². The van der Waals surface area contributed by atoms with Crippen molar-refractivity contribution in [3.63, 3.8) is 0 Å². The summed E-state index contributed by atoms with van der Waals surface area (Å²) < 4.78 is 28.9. The van der Waals surface area contributed by atoms with Crippen LogP contribution in [0, 0.1) is 16.4 Å². The molecule has 2 heterocycles. The van der Waals surface area contributed by atoms with E-state index < -0.39 is 11.6 Å². The summed E-state index contributed by atoms with van der Waals surface area (Å²) in [6.45, 7) is 0.428. The lowest BCUT2D eigenvalue weighted by atomic mass is 10.2. The highest BCUT2D eigenvalue weighted by Crippen LogP contribution is 2.23. The van der Waals surface area contributed by atoms with Gasteiger partial charge in [-0.2, -0.15) is 5.10 Å². The van der Waals surface area contributed by atoms with Crippen molar-refractivity contribution in [2.75, 3.05) is 7.05 Å². The van der Waals surface area contributed by atoms with Gasteiger partial charge in [0.15, 0.2) is 10.6 Å². The fourth-order valence-electron chi connectivity index (χ4n) is 2.51. The van der Waals surface area contributed by atoms with Crippen LogP contribution in [0.5, 0.6) is 0 Å². The SMILES string of the molecule is CN(Cc1ccc(F)cc1F)C(=O)CCn1c(-c2cccs2)n[nH]c1=S.